The number of anilines is 1. The van der Waals surface area contributed by atoms with Crippen LogP contribution >= 0.6 is 39.3 Å². The minimum Gasteiger partial charge on any atom is -0.378 e. The van der Waals surface area contributed by atoms with Crippen molar-refractivity contribution in [1.29, 1.82) is 0 Å². The Hall–Kier alpha value is -1.76. The van der Waals surface area contributed by atoms with Gasteiger partial charge in [-0.1, -0.05) is 23.7 Å². The lowest BCUT2D eigenvalue weighted by Gasteiger charge is -2.12. The number of carbonyl (C=O) groups is 1. The molecule has 0 N–H and O–H groups in total. The third kappa shape index (κ3) is 4.57. The number of thioether (sulfide) groups is 1. The van der Waals surface area contributed by atoms with E-state index in [2.05, 4.69) is 20.9 Å². The van der Waals surface area contributed by atoms with Gasteiger partial charge in [-0.3, -0.25) is 9.69 Å². The molecule has 27 heavy (non-hydrogen) atoms. The van der Waals surface area contributed by atoms with E-state index in [0.29, 0.717) is 27.3 Å². The molecule has 0 aromatic heterocycles. The average molecular weight is 465 g/mol. The largest absolute Gasteiger partial charge is 0.378 e. The van der Waals surface area contributed by atoms with Gasteiger partial charge in [-0.05, 0) is 76.6 Å². The summed E-state index contributed by atoms with van der Waals surface area (Å²) in [5.74, 6) is -0.0267. The predicted molar refractivity (Wildman–Crippen MR) is 120 cm³/mol. The number of carbonyl (C=O) groups excluding carboxylic acids is 1. The Labute approximate surface area is 177 Å². The van der Waals surface area contributed by atoms with Crippen molar-refractivity contribution in [2.24, 2.45) is 4.99 Å². The zero-order valence-corrected chi connectivity index (χ0v) is 18.4. The van der Waals surface area contributed by atoms with E-state index in [-0.39, 0.29) is 5.91 Å². The quantitative estimate of drug-likeness (QED) is 0.537. The van der Waals surface area contributed by atoms with E-state index in [1.54, 1.807) is 11.0 Å². The monoisotopic (exact) mass is 463 g/mol. The minimum absolute atomic E-state index is 0.0267. The summed E-state index contributed by atoms with van der Waals surface area (Å²) in [5.41, 5.74) is 2.82. The fourth-order valence-electron chi connectivity index (χ4n) is 2.56. The number of aliphatic imine (C=N–C) groups is 1. The molecule has 140 valence electrons. The van der Waals surface area contributed by atoms with Crippen LogP contribution in [-0.4, -0.2) is 36.6 Å². The van der Waals surface area contributed by atoms with Crippen molar-refractivity contribution in [2.75, 3.05) is 25.5 Å². The number of rotatable bonds is 4. The number of amides is 1. The third-order valence-corrected chi connectivity index (χ3v) is 6.28. The van der Waals surface area contributed by atoms with Crippen LogP contribution < -0.4 is 4.90 Å². The number of hydrogen-bond acceptors (Lipinski definition) is 4. The Balaban J connectivity index is 1.89. The van der Waals surface area contributed by atoms with Crippen LogP contribution in [0.25, 0.3) is 6.08 Å². The standard InChI is InChI=1S/C20H19BrClN3OS/c1-4-25-19(26)18(11-13-5-8-15(9-6-13)24(2)3)27-20(25)23-14-7-10-16(21)17(22)12-14/h5-12H,4H2,1-3H3/b18-11-,23-20?. The van der Waals surface area contributed by atoms with Gasteiger partial charge >= 0.3 is 0 Å². The number of halogens is 2. The van der Waals surface area contributed by atoms with Crippen LogP contribution in [0.5, 0.6) is 0 Å². The van der Waals surface area contributed by atoms with Crippen LogP contribution in [0, 0.1) is 0 Å². The second-order valence-corrected chi connectivity index (χ2v) is 8.41. The average Bonchev–Trinajstić information content (AvgIpc) is 2.93. The summed E-state index contributed by atoms with van der Waals surface area (Å²) in [6.07, 6.45) is 1.91. The number of amidine groups is 1. The summed E-state index contributed by atoms with van der Waals surface area (Å²) in [6, 6.07) is 13.6. The van der Waals surface area contributed by atoms with Gasteiger partial charge in [-0.15, -0.1) is 0 Å². The van der Waals surface area contributed by atoms with Gasteiger partial charge < -0.3 is 4.90 Å². The molecule has 0 unspecified atom stereocenters. The summed E-state index contributed by atoms with van der Waals surface area (Å²) < 4.78 is 0.817. The van der Waals surface area contributed by atoms with Crippen molar-refractivity contribution in [3.63, 3.8) is 0 Å². The van der Waals surface area contributed by atoms with Gasteiger partial charge in [0.15, 0.2) is 5.17 Å². The van der Waals surface area contributed by atoms with E-state index < -0.39 is 0 Å². The van der Waals surface area contributed by atoms with Crippen molar-refractivity contribution >= 4 is 67.8 Å². The molecular weight excluding hydrogens is 446 g/mol. The van der Waals surface area contributed by atoms with Crippen LogP contribution in [0.15, 0.2) is 56.8 Å². The number of benzene rings is 2. The first-order valence-electron chi connectivity index (χ1n) is 8.41. The molecule has 1 fully saturated rings. The van der Waals surface area contributed by atoms with E-state index in [0.717, 1.165) is 15.7 Å². The predicted octanol–water partition coefficient (Wildman–Crippen LogP) is 5.79. The Bertz CT molecular complexity index is 925. The van der Waals surface area contributed by atoms with Gasteiger partial charge in [-0.25, -0.2) is 4.99 Å². The summed E-state index contributed by atoms with van der Waals surface area (Å²) in [7, 11) is 4.00. The molecule has 1 amide bonds. The molecule has 2 aromatic carbocycles. The fraction of sp³-hybridized carbons (Fsp3) is 0.200. The molecular formula is C20H19BrClN3OS. The highest BCUT2D eigenvalue weighted by molar-refractivity contribution is 9.10. The lowest BCUT2D eigenvalue weighted by atomic mass is 10.2. The molecule has 1 aliphatic heterocycles. The molecule has 0 aliphatic carbocycles. The topological polar surface area (TPSA) is 35.9 Å². The van der Waals surface area contributed by atoms with Crippen molar-refractivity contribution < 1.29 is 4.79 Å². The maximum atomic E-state index is 12.8. The number of likely N-dealkylation sites (N-methyl/N-ethyl adjacent to an activating group) is 1. The molecule has 2 aromatic rings. The summed E-state index contributed by atoms with van der Waals surface area (Å²) >= 11 is 10.9. The Morgan fingerprint density at radius 2 is 1.93 bits per heavy atom. The van der Waals surface area contributed by atoms with Gasteiger partial charge in [0.1, 0.15) is 0 Å². The second kappa shape index (κ2) is 8.50. The second-order valence-electron chi connectivity index (χ2n) is 6.14. The van der Waals surface area contributed by atoms with Crippen molar-refractivity contribution in [3.05, 3.63) is 62.4 Å². The molecule has 3 rings (SSSR count). The Morgan fingerprint density at radius 3 is 2.52 bits per heavy atom. The highest BCUT2D eigenvalue weighted by Gasteiger charge is 2.32. The fourth-order valence-corrected chi connectivity index (χ4v) is 4.04. The van der Waals surface area contributed by atoms with Crippen molar-refractivity contribution in [2.45, 2.75) is 6.92 Å². The van der Waals surface area contributed by atoms with Gasteiger partial charge in [0, 0.05) is 30.8 Å². The number of hydrogen-bond donors (Lipinski definition) is 0. The summed E-state index contributed by atoms with van der Waals surface area (Å²) in [6.45, 7) is 2.50. The van der Waals surface area contributed by atoms with E-state index in [9.17, 15) is 4.79 Å². The van der Waals surface area contributed by atoms with Crippen LogP contribution in [0.3, 0.4) is 0 Å². The van der Waals surface area contributed by atoms with Crippen LogP contribution in [0.1, 0.15) is 12.5 Å². The normalized spacial score (nSPS) is 17.2. The maximum absolute atomic E-state index is 12.8. The minimum atomic E-state index is -0.0267. The van der Waals surface area contributed by atoms with Crippen LogP contribution in [0.4, 0.5) is 11.4 Å². The number of nitrogens with zero attached hydrogens (tertiary/aromatic N) is 3. The van der Waals surface area contributed by atoms with Crippen molar-refractivity contribution in [1.82, 2.24) is 4.90 Å². The first-order valence-corrected chi connectivity index (χ1v) is 10.4. The van der Waals surface area contributed by atoms with Gasteiger partial charge in [0.05, 0.1) is 15.6 Å². The maximum Gasteiger partial charge on any atom is 0.266 e. The van der Waals surface area contributed by atoms with E-state index in [1.165, 1.54) is 11.8 Å². The molecule has 7 heteroatoms. The molecule has 4 nitrogen and oxygen atoms in total. The van der Waals surface area contributed by atoms with Crippen molar-refractivity contribution in [3.8, 4) is 0 Å². The summed E-state index contributed by atoms with van der Waals surface area (Å²) in [4.78, 5) is 21.8. The first kappa shape index (κ1) is 20.0. The van der Waals surface area contributed by atoms with E-state index >= 15 is 0 Å². The Kier molecular flexibility index (Phi) is 6.29. The lowest BCUT2D eigenvalue weighted by molar-refractivity contribution is -0.122. The van der Waals surface area contributed by atoms with Crippen LogP contribution in [-0.2, 0) is 4.79 Å². The molecule has 1 heterocycles. The van der Waals surface area contributed by atoms with Gasteiger partial charge in [-0.2, -0.15) is 0 Å². The van der Waals surface area contributed by atoms with Gasteiger partial charge in [0.2, 0.25) is 0 Å². The van der Waals surface area contributed by atoms with Gasteiger partial charge in [0.25, 0.3) is 5.91 Å². The highest BCUT2D eigenvalue weighted by atomic mass is 79.9. The van der Waals surface area contributed by atoms with E-state index in [1.807, 2.05) is 68.4 Å². The zero-order valence-electron chi connectivity index (χ0n) is 15.2. The lowest BCUT2D eigenvalue weighted by Crippen LogP contribution is -2.28. The van der Waals surface area contributed by atoms with Crippen LogP contribution in [0.2, 0.25) is 5.02 Å². The smallest absolute Gasteiger partial charge is 0.266 e. The molecule has 0 radical (unpaired) electrons. The third-order valence-electron chi connectivity index (χ3n) is 4.04. The molecule has 0 bridgehead atoms. The zero-order chi connectivity index (χ0) is 19.6. The van der Waals surface area contributed by atoms with E-state index in [4.69, 9.17) is 11.6 Å². The Morgan fingerprint density at radius 1 is 1.22 bits per heavy atom. The highest BCUT2D eigenvalue weighted by Crippen LogP contribution is 2.35. The molecule has 1 aliphatic rings. The molecule has 0 saturated carbocycles. The molecule has 1 saturated heterocycles. The SMILES string of the molecule is CCN1C(=O)/C(=C/c2ccc(N(C)C)cc2)SC1=Nc1ccc(Br)c(Cl)c1. The first-order chi connectivity index (χ1) is 12.9. The summed E-state index contributed by atoms with van der Waals surface area (Å²) in [5, 5.41) is 1.25. The molecule has 0 atom stereocenters. The molecule has 0 spiro atoms.